The normalized spacial score (nSPS) is 17.2. The minimum atomic E-state index is 0.0481. The van der Waals surface area contributed by atoms with Crippen molar-refractivity contribution in [1.29, 1.82) is 0 Å². The number of hydrogen-bond donors (Lipinski definition) is 0. The fourth-order valence-electron chi connectivity index (χ4n) is 2.47. The van der Waals surface area contributed by atoms with E-state index in [1.165, 1.54) is 0 Å². The fourth-order valence-corrected chi connectivity index (χ4v) is 2.59. The maximum atomic E-state index is 5.90. The van der Waals surface area contributed by atoms with E-state index in [1.807, 2.05) is 42.5 Å². The van der Waals surface area contributed by atoms with Gasteiger partial charge < -0.3 is 9.57 Å². The van der Waals surface area contributed by atoms with Gasteiger partial charge in [-0.15, -0.1) is 0 Å². The van der Waals surface area contributed by atoms with E-state index in [0.717, 1.165) is 40.5 Å². The molecule has 0 saturated carbocycles. The SMILES string of the molecule is COc1ccccc1CC1CC(c2ccc(Cl)cc2)=NO1. The lowest BCUT2D eigenvalue weighted by molar-refractivity contribution is 0.0854. The molecule has 0 N–H and O–H groups in total. The van der Waals surface area contributed by atoms with Gasteiger partial charge in [0.15, 0.2) is 0 Å². The van der Waals surface area contributed by atoms with Crippen LogP contribution in [0.1, 0.15) is 17.5 Å². The topological polar surface area (TPSA) is 30.8 Å². The van der Waals surface area contributed by atoms with E-state index < -0.39 is 0 Å². The molecule has 3 rings (SSSR count). The van der Waals surface area contributed by atoms with Crippen LogP contribution in [-0.4, -0.2) is 18.9 Å². The van der Waals surface area contributed by atoms with Crippen molar-refractivity contribution in [3.05, 3.63) is 64.7 Å². The number of rotatable bonds is 4. The maximum Gasteiger partial charge on any atom is 0.137 e. The highest BCUT2D eigenvalue weighted by Gasteiger charge is 2.23. The highest BCUT2D eigenvalue weighted by Crippen LogP contribution is 2.25. The number of benzene rings is 2. The highest BCUT2D eigenvalue weighted by molar-refractivity contribution is 6.30. The summed E-state index contributed by atoms with van der Waals surface area (Å²) in [4.78, 5) is 5.55. The van der Waals surface area contributed by atoms with Crippen LogP contribution >= 0.6 is 11.6 Å². The van der Waals surface area contributed by atoms with Crippen molar-refractivity contribution < 1.29 is 9.57 Å². The zero-order valence-corrected chi connectivity index (χ0v) is 12.5. The predicted octanol–water partition coefficient (Wildman–Crippen LogP) is 4.08. The molecular formula is C17H16ClNO2. The minimum Gasteiger partial charge on any atom is -0.496 e. The Morgan fingerprint density at radius 1 is 1.19 bits per heavy atom. The number of methoxy groups -OCH3 is 1. The van der Waals surface area contributed by atoms with E-state index in [-0.39, 0.29) is 6.10 Å². The van der Waals surface area contributed by atoms with Crippen LogP contribution < -0.4 is 4.74 Å². The van der Waals surface area contributed by atoms with Crippen LogP contribution in [0.2, 0.25) is 5.02 Å². The first kappa shape index (κ1) is 14.0. The van der Waals surface area contributed by atoms with Crippen molar-refractivity contribution in [2.24, 2.45) is 5.16 Å². The molecule has 0 aromatic heterocycles. The first-order chi connectivity index (χ1) is 10.3. The van der Waals surface area contributed by atoms with Gasteiger partial charge in [0.05, 0.1) is 12.8 Å². The third-order valence-corrected chi connectivity index (χ3v) is 3.80. The maximum absolute atomic E-state index is 5.90. The molecule has 0 radical (unpaired) electrons. The van der Waals surface area contributed by atoms with E-state index in [0.29, 0.717) is 0 Å². The second-order valence-corrected chi connectivity index (χ2v) is 5.43. The van der Waals surface area contributed by atoms with Crippen LogP contribution in [-0.2, 0) is 11.3 Å². The summed E-state index contributed by atoms with van der Waals surface area (Å²) < 4.78 is 5.37. The van der Waals surface area contributed by atoms with Gasteiger partial charge in [0.2, 0.25) is 0 Å². The van der Waals surface area contributed by atoms with Crippen LogP contribution in [0.25, 0.3) is 0 Å². The zero-order valence-electron chi connectivity index (χ0n) is 11.8. The van der Waals surface area contributed by atoms with Crippen LogP contribution in [0.3, 0.4) is 0 Å². The Bertz CT molecular complexity index is 652. The highest BCUT2D eigenvalue weighted by atomic mass is 35.5. The number of para-hydroxylation sites is 1. The van der Waals surface area contributed by atoms with E-state index in [1.54, 1.807) is 7.11 Å². The molecule has 0 fully saturated rings. The minimum absolute atomic E-state index is 0.0481. The molecule has 1 unspecified atom stereocenters. The summed E-state index contributed by atoms with van der Waals surface area (Å²) in [6.07, 6.45) is 1.62. The predicted molar refractivity (Wildman–Crippen MR) is 84.2 cm³/mol. The molecule has 4 heteroatoms. The number of hydrogen-bond acceptors (Lipinski definition) is 3. The van der Waals surface area contributed by atoms with Crippen molar-refractivity contribution in [1.82, 2.24) is 0 Å². The molecule has 2 aromatic carbocycles. The molecule has 1 atom stereocenters. The standard InChI is InChI=1S/C17H16ClNO2/c1-20-17-5-3-2-4-13(17)10-15-11-16(19-21-15)12-6-8-14(18)9-7-12/h2-9,15H,10-11H2,1H3. The van der Waals surface area contributed by atoms with Gasteiger partial charge in [-0.25, -0.2) is 0 Å². The van der Waals surface area contributed by atoms with E-state index >= 15 is 0 Å². The molecule has 1 aliphatic heterocycles. The molecule has 0 bridgehead atoms. The van der Waals surface area contributed by atoms with Crippen molar-refractivity contribution in [2.75, 3.05) is 7.11 Å². The summed E-state index contributed by atoms with van der Waals surface area (Å²) in [7, 11) is 1.68. The number of ether oxygens (including phenoxy) is 1. The third kappa shape index (κ3) is 3.19. The second kappa shape index (κ2) is 6.19. The average molecular weight is 302 g/mol. The van der Waals surface area contributed by atoms with E-state index in [9.17, 15) is 0 Å². The monoisotopic (exact) mass is 301 g/mol. The van der Waals surface area contributed by atoms with Gasteiger partial charge in [-0.05, 0) is 29.3 Å². The molecule has 2 aromatic rings. The third-order valence-electron chi connectivity index (χ3n) is 3.55. The van der Waals surface area contributed by atoms with Crippen molar-refractivity contribution >= 4 is 17.3 Å². The lowest BCUT2D eigenvalue weighted by Crippen LogP contribution is -2.12. The smallest absolute Gasteiger partial charge is 0.137 e. The Morgan fingerprint density at radius 3 is 2.71 bits per heavy atom. The van der Waals surface area contributed by atoms with Crippen LogP contribution in [0.4, 0.5) is 0 Å². The number of oxime groups is 1. The van der Waals surface area contributed by atoms with Gasteiger partial charge in [0.1, 0.15) is 11.9 Å². The lowest BCUT2D eigenvalue weighted by atomic mass is 10.00. The summed E-state index contributed by atoms with van der Waals surface area (Å²) in [6.45, 7) is 0. The van der Waals surface area contributed by atoms with Crippen molar-refractivity contribution in [2.45, 2.75) is 18.9 Å². The lowest BCUT2D eigenvalue weighted by Gasteiger charge is -2.11. The molecule has 1 aliphatic rings. The zero-order chi connectivity index (χ0) is 14.7. The Labute approximate surface area is 129 Å². The summed E-state index contributed by atoms with van der Waals surface area (Å²) in [5, 5.41) is 4.93. The summed E-state index contributed by atoms with van der Waals surface area (Å²) >= 11 is 5.90. The van der Waals surface area contributed by atoms with Gasteiger partial charge in [-0.3, -0.25) is 0 Å². The first-order valence-electron chi connectivity index (χ1n) is 6.87. The Balaban J connectivity index is 1.67. The number of halogens is 1. The largest absolute Gasteiger partial charge is 0.496 e. The Kier molecular flexibility index (Phi) is 4.11. The molecule has 1 heterocycles. The Hall–Kier alpha value is -2.00. The quantitative estimate of drug-likeness (QED) is 0.852. The molecule has 3 nitrogen and oxygen atoms in total. The molecule has 0 saturated heterocycles. The first-order valence-corrected chi connectivity index (χ1v) is 7.24. The Morgan fingerprint density at radius 2 is 1.95 bits per heavy atom. The van der Waals surface area contributed by atoms with Gasteiger partial charge in [-0.1, -0.05) is 47.1 Å². The van der Waals surface area contributed by atoms with Gasteiger partial charge in [-0.2, -0.15) is 0 Å². The summed E-state index contributed by atoms with van der Waals surface area (Å²) in [5.74, 6) is 0.890. The van der Waals surface area contributed by atoms with Gasteiger partial charge in [0, 0.05) is 17.9 Å². The van der Waals surface area contributed by atoms with Crippen molar-refractivity contribution in [3.8, 4) is 5.75 Å². The number of nitrogens with zero attached hydrogens (tertiary/aromatic N) is 1. The molecular weight excluding hydrogens is 286 g/mol. The van der Waals surface area contributed by atoms with Gasteiger partial charge in [0.25, 0.3) is 0 Å². The fraction of sp³-hybridized carbons (Fsp3) is 0.235. The van der Waals surface area contributed by atoms with Crippen molar-refractivity contribution in [3.63, 3.8) is 0 Å². The summed E-state index contributed by atoms with van der Waals surface area (Å²) in [5.41, 5.74) is 3.16. The van der Waals surface area contributed by atoms with Crippen LogP contribution in [0, 0.1) is 0 Å². The molecule has 0 amide bonds. The molecule has 108 valence electrons. The van der Waals surface area contributed by atoms with E-state index in [2.05, 4.69) is 11.2 Å². The second-order valence-electron chi connectivity index (χ2n) is 4.99. The average Bonchev–Trinajstić information content (AvgIpc) is 2.97. The summed E-state index contributed by atoms with van der Waals surface area (Å²) in [6, 6.07) is 15.7. The molecule has 0 aliphatic carbocycles. The molecule has 21 heavy (non-hydrogen) atoms. The van der Waals surface area contributed by atoms with Crippen LogP contribution in [0.15, 0.2) is 53.7 Å². The van der Waals surface area contributed by atoms with E-state index in [4.69, 9.17) is 21.2 Å². The molecule has 0 spiro atoms. The van der Waals surface area contributed by atoms with Crippen LogP contribution in [0.5, 0.6) is 5.75 Å². The van der Waals surface area contributed by atoms with Gasteiger partial charge >= 0.3 is 0 Å².